The van der Waals surface area contributed by atoms with Crippen molar-refractivity contribution < 1.29 is 27.5 Å². The highest BCUT2D eigenvalue weighted by atomic mass is 32.2. The normalized spacial score (nSPS) is 18.2. The summed E-state index contributed by atoms with van der Waals surface area (Å²) >= 11 is 1.05. The van der Waals surface area contributed by atoms with E-state index >= 15 is 0 Å². The first-order valence-corrected chi connectivity index (χ1v) is 6.45. The third kappa shape index (κ3) is 3.06. The summed E-state index contributed by atoms with van der Waals surface area (Å²) in [7, 11) is 1.21. The summed E-state index contributed by atoms with van der Waals surface area (Å²) in [6.07, 6.45) is -4.60. The predicted molar refractivity (Wildman–Crippen MR) is 66.4 cm³/mol. The van der Waals surface area contributed by atoms with Crippen LogP contribution in [0.3, 0.4) is 0 Å². The number of rotatable bonds is 2. The van der Waals surface area contributed by atoms with Crippen molar-refractivity contribution in [2.75, 3.05) is 12.4 Å². The first-order chi connectivity index (χ1) is 9.31. The van der Waals surface area contributed by atoms with Gasteiger partial charge >= 0.3 is 12.1 Å². The van der Waals surface area contributed by atoms with Crippen LogP contribution in [0.1, 0.15) is 12.0 Å². The molecule has 0 aromatic heterocycles. The van der Waals surface area contributed by atoms with Gasteiger partial charge < -0.3 is 10.1 Å². The Morgan fingerprint density at radius 3 is 2.75 bits per heavy atom. The van der Waals surface area contributed by atoms with Crippen LogP contribution in [0.25, 0.3) is 0 Å². The number of hydrogen-bond donors (Lipinski definition) is 1. The molecular weight excluding hydrogens is 295 g/mol. The summed E-state index contributed by atoms with van der Waals surface area (Å²) in [5, 5.41) is 1.68. The highest BCUT2D eigenvalue weighted by Crippen LogP contribution is 2.40. The van der Waals surface area contributed by atoms with Crippen molar-refractivity contribution in [1.82, 2.24) is 0 Å². The predicted octanol–water partition coefficient (Wildman–Crippen LogP) is 2.68. The Kier molecular flexibility index (Phi) is 3.94. The van der Waals surface area contributed by atoms with E-state index in [9.17, 15) is 22.8 Å². The number of carbonyl (C=O) groups excluding carboxylic acids is 2. The fraction of sp³-hybridized carbons (Fsp3) is 0.333. The Morgan fingerprint density at radius 2 is 2.15 bits per heavy atom. The van der Waals surface area contributed by atoms with Crippen molar-refractivity contribution >= 4 is 29.3 Å². The van der Waals surface area contributed by atoms with Crippen LogP contribution in [-0.2, 0) is 20.5 Å². The van der Waals surface area contributed by atoms with E-state index in [0.29, 0.717) is 4.90 Å². The number of amides is 1. The molecule has 1 aromatic carbocycles. The molecule has 1 aliphatic rings. The molecule has 0 aliphatic carbocycles. The Morgan fingerprint density at radius 1 is 1.45 bits per heavy atom. The summed E-state index contributed by atoms with van der Waals surface area (Å²) in [5.74, 6) is -1.06. The maximum Gasteiger partial charge on any atom is 0.416 e. The van der Waals surface area contributed by atoms with Crippen LogP contribution < -0.4 is 5.32 Å². The number of fused-ring (bicyclic) bond motifs is 1. The Labute approximate surface area is 116 Å². The standard InChI is InChI=1S/C12H10F3NO3S/c1-19-10(17)5-9-11(18)16-7-4-6(12(13,14)15)2-3-8(7)20-9/h2-4,9H,5H2,1H3,(H,16,18)/t9-/m0/s1. The molecule has 1 aliphatic heterocycles. The van der Waals surface area contributed by atoms with Gasteiger partial charge in [-0.2, -0.15) is 13.2 Å². The molecule has 0 radical (unpaired) electrons. The van der Waals surface area contributed by atoms with E-state index in [1.54, 1.807) is 0 Å². The largest absolute Gasteiger partial charge is 0.469 e. The fourth-order valence-corrected chi connectivity index (χ4v) is 2.77. The number of anilines is 1. The van der Waals surface area contributed by atoms with Crippen molar-refractivity contribution in [3.63, 3.8) is 0 Å². The molecule has 4 nitrogen and oxygen atoms in total. The SMILES string of the molecule is COC(=O)C[C@@H]1Sc2ccc(C(F)(F)F)cc2NC1=O. The average molecular weight is 305 g/mol. The van der Waals surface area contributed by atoms with E-state index in [4.69, 9.17) is 0 Å². The number of ether oxygens (including phenoxy) is 1. The number of methoxy groups -OCH3 is 1. The fourth-order valence-electron chi connectivity index (χ4n) is 1.70. The molecule has 8 heteroatoms. The molecule has 0 fully saturated rings. The zero-order valence-corrected chi connectivity index (χ0v) is 11.1. The van der Waals surface area contributed by atoms with E-state index < -0.39 is 28.9 Å². The minimum atomic E-state index is -4.46. The smallest absolute Gasteiger partial charge is 0.416 e. The second-order valence-electron chi connectivity index (χ2n) is 4.08. The van der Waals surface area contributed by atoms with Gasteiger partial charge in [0.2, 0.25) is 5.91 Å². The Hall–Kier alpha value is -1.70. The highest BCUT2D eigenvalue weighted by Gasteiger charge is 2.34. The second-order valence-corrected chi connectivity index (χ2v) is 5.33. The van der Waals surface area contributed by atoms with Gasteiger partial charge in [-0.25, -0.2) is 0 Å². The van der Waals surface area contributed by atoms with Crippen LogP contribution in [0.2, 0.25) is 0 Å². The Balaban J connectivity index is 2.23. The summed E-state index contributed by atoms with van der Waals surface area (Å²) < 4.78 is 42.2. The molecule has 1 atom stereocenters. The highest BCUT2D eigenvalue weighted by molar-refractivity contribution is 8.01. The van der Waals surface area contributed by atoms with Gasteiger partial charge in [0.1, 0.15) is 0 Å². The lowest BCUT2D eigenvalue weighted by Gasteiger charge is -2.24. The molecule has 0 saturated carbocycles. The van der Waals surface area contributed by atoms with E-state index in [2.05, 4.69) is 10.1 Å². The second kappa shape index (κ2) is 5.35. The molecule has 20 heavy (non-hydrogen) atoms. The van der Waals surface area contributed by atoms with Crippen molar-refractivity contribution in [1.29, 1.82) is 0 Å². The van der Waals surface area contributed by atoms with Crippen molar-refractivity contribution in [2.45, 2.75) is 22.7 Å². The molecular formula is C12H10F3NO3S. The first-order valence-electron chi connectivity index (χ1n) is 5.57. The number of nitrogens with one attached hydrogen (secondary N) is 1. The van der Waals surface area contributed by atoms with Crippen LogP contribution in [-0.4, -0.2) is 24.2 Å². The van der Waals surface area contributed by atoms with Gasteiger partial charge in [0, 0.05) is 4.90 Å². The van der Waals surface area contributed by atoms with Gasteiger partial charge in [0.15, 0.2) is 0 Å². The molecule has 1 heterocycles. The van der Waals surface area contributed by atoms with Crippen LogP contribution >= 0.6 is 11.8 Å². The summed E-state index contributed by atoms with van der Waals surface area (Å²) in [6.45, 7) is 0. The number of carbonyl (C=O) groups is 2. The average Bonchev–Trinajstić information content (AvgIpc) is 2.37. The number of hydrogen-bond acceptors (Lipinski definition) is 4. The molecule has 108 valence electrons. The van der Waals surface area contributed by atoms with Crippen molar-refractivity contribution in [3.05, 3.63) is 23.8 Å². The van der Waals surface area contributed by atoms with Gasteiger partial charge in [-0.3, -0.25) is 9.59 Å². The third-order valence-corrected chi connectivity index (χ3v) is 3.98. The molecule has 0 unspecified atom stereocenters. The lowest BCUT2D eigenvalue weighted by atomic mass is 10.1. The summed E-state index contributed by atoms with van der Waals surface area (Å²) in [6, 6.07) is 3.11. The van der Waals surface area contributed by atoms with E-state index in [-0.39, 0.29) is 12.1 Å². The lowest BCUT2D eigenvalue weighted by Crippen LogP contribution is -2.31. The number of halogens is 3. The molecule has 0 bridgehead atoms. The van der Waals surface area contributed by atoms with E-state index in [1.807, 2.05) is 0 Å². The maximum atomic E-state index is 12.6. The topological polar surface area (TPSA) is 55.4 Å². The van der Waals surface area contributed by atoms with Gasteiger partial charge in [0.25, 0.3) is 0 Å². The maximum absolute atomic E-state index is 12.6. The van der Waals surface area contributed by atoms with Crippen LogP contribution in [0.4, 0.5) is 18.9 Å². The van der Waals surface area contributed by atoms with Gasteiger partial charge in [-0.05, 0) is 18.2 Å². The van der Waals surface area contributed by atoms with Gasteiger partial charge in [-0.15, -0.1) is 11.8 Å². The monoisotopic (exact) mass is 305 g/mol. The molecule has 1 aromatic rings. The molecule has 2 rings (SSSR count). The quantitative estimate of drug-likeness (QED) is 0.854. The van der Waals surface area contributed by atoms with Gasteiger partial charge in [-0.1, -0.05) is 0 Å². The first kappa shape index (κ1) is 14.7. The summed E-state index contributed by atoms with van der Waals surface area (Å²) in [5.41, 5.74) is -0.723. The zero-order valence-electron chi connectivity index (χ0n) is 10.3. The number of esters is 1. The van der Waals surface area contributed by atoms with Crippen molar-refractivity contribution in [3.8, 4) is 0 Å². The van der Waals surface area contributed by atoms with E-state index in [0.717, 1.165) is 23.9 Å². The number of benzene rings is 1. The zero-order chi connectivity index (χ0) is 14.9. The van der Waals surface area contributed by atoms with Crippen LogP contribution in [0, 0.1) is 0 Å². The molecule has 0 saturated heterocycles. The van der Waals surface area contributed by atoms with Gasteiger partial charge in [0.05, 0.1) is 30.0 Å². The summed E-state index contributed by atoms with van der Waals surface area (Å²) in [4.78, 5) is 23.4. The number of alkyl halides is 3. The number of thioether (sulfide) groups is 1. The van der Waals surface area contributed by atoms with E-state index in [1.165, 1.54) is 13.2 Å². The molecule has 1 N–H and O–H groups in total. The molecule has 0 spiro atoms. The third-order valence-electron chi connectivity index (χ3n) is 2.71. The van der Waals surface area contributed by atoms with Crippen molar-refractivity contribution in [2.24, 2.45) is 0 Å². The van der Waals surface area contributed by atoms with Crippen LogP contribution in [0.5, 0.6) is 0 Å². The Bertz CT molecular complexity index is 559. The minimum Gasteiger partial charge on any atom is -0.469 e. The minimum absolute atomic E-state index is 0.107. The molecule has 1 amide bonds. The van der Waals surface area contributed by atoms with Crippen LogP contribution in [0.15, 0.2) is 23.1 Å². The lowest BCUT2D eigenvalue weighted by molar-refractivity contribution is -0.141.